The highest BCUT2D eigenvalue weighted by Crippen LogP contribution is 2.60. The lowest BCUT2D eigenvalue weighted by Crippen LogP contribution is -2.44. The molecule has 5 rings (SSSR count). The van der Waals surface area contributed by atoms with E-state index in [1.165, 1.54) is 32.1 Å². The molecule has 4 fully saturated rings. The summed E-state index contributed by atoms with van der Waals surface area (Å²) >= 11 is 0. The maximum absolute atomic E-state index is 9.36. The average Bonchev–Trinajstić information content (AvgIpc) is 2.37. The van der Waals surface area contributed by atoms with Crippen molar-refractivity contribution < 1.29 is 0 Å². The molecule has 4 saturated carbocycles. The van der Waals surface area contributed by atoms with Gasteiger partial charge in [-0.05, 0) is 67.3 Å². The summed E-state index contributed by atoms with van der Waals surface area (Å²) in [4.78, 5) is 0. The summed E-state index contributed by atoms with van der Waals surface area (Å²) in [5, 5.41) is 17.2. The van der Waals surface area contributed by atoms with Crippen molar-refractivity contribution in [3.63, 3.8) is 0 Å². The largest absolute Gasteiger partial charge is 0.381 e. The fourth-order valence-corrected chi connectivity index (χ4v) is 5.22. The van der Waals surface area contributed by atoms with Crippen molar-refractivity contribution in [1.29, 1.82) is 5.26 Å². The third kappa shape index (κ3) is 1.57. The first-order chi connectivity index (χ1) is 9.26. The van der Waals surface area contributed by atoms with Crippen LogP contribution in [0.1, 0.15) is 49.1 Å². The molecule has 4 heteroatoms. The van der Waals surface area contributed by atoms with Crippen LogP contribution in [0.25, 0.3) is 0 Å². The average molecular weight is 254 g/mol. The zero-order valence-electron chi connectivity index (χ0n) is 10.9. The van der Waals surface area contributed by atoms with E-state index in [9.17, 15) is 5.26 Å². The fraction of sp³-hybridized carbons (Fsp3) is 0.667. The Bertz CT molecular complexity index is 532. The molecule has 0 aliphatic heterocycles. The minimum Gasteiger partial charge on any atom is -0.381 e. The first-order valence-corrected chi connectivity index (χ1v) is 7.27. The Morgan fingerprint density at radius 1 is 1.11 bits per heavy atom. The summed E-state index contributed by atoms with van der Waals surface area (Å²) in [6.07, 6.45) is 8.59. The SMILES string of the molecule is N#Cc1c(C2C3CC4CC(C3)CC2C4)cnnc1N. The van der Waals surface area contributed by atoms with Crippen molar-refractivity contribution in [2.45, 2.75) is 38.0 Å². The fourth-order valence-electron chi connectivity index (χ4n) is 5.22. The van der Waals surface area contributed by atoms with Gasteiger partial charge in [0.15, 0.2) is 5.82 Å². The first-order valence-electron chi connectivity index (χ1n) is 7.27. The van der Waals surface area contributed by atoms with Gasteiger partial charge in [0, 0.05) is 0 Å². The van der Waals surface area contributed by atoms with Gasteiger partial charge in [-0.3, -0.25) is 0 Å². The lowest BCUT2D eigenvalue weighted by atomic mass is 9.50. The van der Waals surface area contributed by atoms with Gasteiger partial charge in [0.25, 0.3) is 0 Å². The van der Waals surface area contributed by atoms with Crippen LogP contribution in [0.2, 0.25) is 0 Å². The quantitative estimate of drug-likeness (QED) is 0.835. The van der Waals surface area contributed by atoms with E-state index in [0.717, 1.165) is 29.2 Å². The van der Waals surface area contributed by atoms with Gasteiger partial charge in [0.1, 0.15) is 11.6 Å². The summed E-state index contributed by atoms with van der Waals surface area (Å²) in [7, 11) is 0. The minimum absolute atomic E-state index is 0.300. The highest BCUT2D eigenvalue weighted by molar-refractivity contribution is 5.53. The Morgan fingerprint density at radius 3 is 2.32 bits per heavy atom. The minimum atomic E-state index is 0.300. The van der Waals surface area contributed by atoms with Crippen molar-refractivity contribution in [3.8, 4) is 6.07 Å². The van der Waals surface area contributed by atoms with Crippen LogP contribution in [0.4, 0.5) is 5.82 Å². The van der Waals surface area contributed by atoms with Crippen molar-refractivity contribution in [3.05, 3.63) is 17.3 Å². The number of hydrogen-bond acceptors (Lipinski definition) is 4. The molecule has 1 aromatic rings. The third-order valence-electron chi connectivity index (χ3n) is 5.60. The van der Waals surface area contributed by atoms with Crippen LogP contribution in [0.3, 0.4) is 0 Å². The Balaban J connectivity index is 1.77. The Kier molecular flexibility index (Phi) is 2.32. The highest BCUT2D eigenvalue weighted by atomic mass is 15.1. The van der Waals surface area contributed by atoms with Crippen LogP contribution in [-0.4, -0.2) is 10.2 Å². The monoisotopic (exact) mass is 254 g/mol. The molecule has 4 aliphatic rings. The molecular weight excluding hydrogens is 236 g/mol. The van der Waals surface area contributed by atoms with Crippen molar-refractivity contribution in [2.24, 2.45) is 23.7 Å². The maximum atomic E-state index is 9.36. The van der Waals surface area contributed by atoms with E-state index < -0.39 is 0 Å². The second-order valence-electron chi connectivity index (χ2n) is 6.63. The molecule has 0 spiro atoms. The van der Waals surface area contributed by atoms with Crippen LogP contribution in [0.5, 0.6) is 0 Å². The summed E-state index contributed by atoms with van der Waals surface area (Å²) < 4.78 is 0. The van der Waals surface area contributed by atoms with Gasteiger partial charge >= 0.3 is 0 Å². The summed E-state index contributed by atoms with van der Waals surface area (Å²) in [5.74, 6) is 4.17. The second kappa shape index (κ2) is 3.93. The van der Waals surface area contributed by atoms with Gasteiger partial charge in [-0.15, -0.1) is 5.10 Å². The van der Waals surface area contributed by atoms with E-state index in [1.54, 1.807) is 6.20 Å². The lowest BCUT2D eigenvalue weighted by molar-refractivity contribution is -0.00299. The first kappa shape index (κ1) is 11.2. The summed E-state index contributed by atoms with van der Waals surface area (Å²) in [6.45, 7) is 0. The molecule has 2 N–H and O–H groups in total. The molecule has 0 unspecified atom stereocenters. The van der Waals surface area contributed by atoms with Crippen molar-refractivity contribution in [1.82, 2.24) is 10.2 Å². The van der Waals surface area contributed by atoms with E-state index in [-0.39, 0.29) is 0 Å². The number of nitrogens with two attached hydrogens (primary N) is 1. The van der Waals surface area contributed by atoms with E-state index in [2.05, 4.69) is 16.3 Å². The van der Waals surface area contributed by atoms with Gasteiger partial charge in [0.2, 0.25) is 0 Å². The zero-order valence-corrected chi connectivity index (χ0v) is 10.9. The predicted molar refractivity (Wildman–Crippen MR) is 70.9 cm³/mol. The van der Waals surface area contributed by atoms with Gasteiger partial charge < -0.3 is 5.73 Å². The van der Waals surface area contributed by atoms with E-state index in [0.29, 0.717) is 17.3 Å². The molecule has 0 aromatic carbocycles. The topological polar surface area (TPSA) is 75.6 Å². The van der Waals surface area contributed by atoms with Crippen molar-refractivity contribution in [2.75, 3.05) is 5.73 Å². The highest BCUT2D eigenvalue weighted by Gasteiger charge is 2.49. The number of anilines is 1. The Labute approximate surface area is 113 Å². The molecule has 0 atom stereocenters. The second-order valence-corrected chi connectivity index (χ2v) is 6.63. The third-order valence-corrected chi connectivity index (χ3v) is 5.60. The lowest BCUT2D eigenvalue weighted by Gasteiger charge is -2.54. The molecule has 4 nitrogen and oxygen atoms in total. The molecular formula is C15H18N4. The van der Waals surface area contributed by atoms with E-state index in [1.807, 2.05) is 0 Å². The Hall–Kier alpha value is -1.63. The molecule has 1 heterocycles. The van der Waals surface area contributed by atoms with Crippen LogP contribution >= 0.6 is 0 Å². The molecule has 4 bridgehead atoms. The smallest absolute Gasteiger partial charge is 0.164 e. The van der Waals surface area contributed by atoms with Crippen LogP contribution in [0.15, 0.2) is 6.20 Å². The molecule has 0 amide bonds. The van der Waals surface area contributed by atoms with Gasteiger partial charge in [0.05, 0.1) is 6.20 Å². The van der Waals surface area contributed by atoms with Gasteiger partial charge in [-0.25, -0.2) is 0 Å². The maximum Gasteiger partial charge on any atom is 0.164 e. The summed E-state index contributed by atoms with van der Waals surface area (Å²) in [6, 6.07) is 2.25. The number of aromatic nitrogens is 2. The number of rotatable bonds is 1. The number of nitriles is 1. The van der Waals surface area contributed by atoms with Crippen molar-refractivity contribution >= 4 is 5.82 Å². The van der Waals surface area contributed by atoms with Crippen LogP contribution < -0.4 is 5.73 Å². The predicted octanol–water partition coefficient (Wildman–Crippen LogP) is 2.47. The van der Waals surface area contributed by atoms with Gasteiger partial charge in [-0.1, -0.05) is 0 Å². The Morgan fingerprint density at radius 2 is 1.74 bits per heavy atom. The van der Waals surface area contributed by atoms with Crippen LogP contribution in [0, 0.1) is 35.0 Å². The zero-order chi connectivity index (χ0) is 13.0. The molecule has 98 valence electrons. The molecule has 1 aromatic heterocycles. The standard InChI is InChI=1S/C15H18N4/c16-6-12-13(7-18-19-15(12)17)14-10-2-8-1-9(4-10)5-11(14)3-8/h7-11,14H,1-5H2,(H2,17,19). The number of hydrogen-bond donors (Lipinski definition) is 1. The summed E-state index contributed by atoms with van der Waals surface area (Å²) in [5.41, 5.74) is 7.48. The normalized spacial score (nSPS) is 39.2. The van der Waals surface area contributed by atoms with E-state index in [4.69, 9.17) is 5.73 Å². The van der Waals surface area contributed by atoms with E-state index >= 15 is 0 Å². The number of nitrogen functional groups attached to an aromatic ring is 1. The van der Waals surface area contributed by atoms with Gasteiger partial charge in [-0.2, -0.15) is 10.4 Å². The number of nitrogens with zero attached hydrogens (tertiary/aromatic N) is 3. The molecule has 19 heavy (non-hydrogen) atoms. The molecule has 0 radical (unpaired) electrons. The molecule has 0 saturated heterocycles. The molecule has 4 aliphatic carbocycles. The van der Waals surface area contributed by atoms with Crippen LogP contribution in [-0.2, 0) is 0 Å².